The third kappa shape index (κ3) is 5.16. The maximum absolute atomic E-state index is 11.7. The van der Waals surface area contributed by atoms with E-state index in [0.717, 1.165) is 40.8 Å². The van der Waals surface area contributed by atoms with E-state index >= 15 is 0 Å². The second-order valence-corrected chi connectivity index (χ2v) is 7.43. The third-order valence-corrected chi connectivity index (χ3v) is 4.65. The van der Waals surface area contributed by atoms with Crippen molar-refractivity contribution in [3.05, 3.63) is 59.0 Å². The van der Waals surface area contributed by atoms with Crippen LogP contribution in [-0.2, 0) is 11.2 Å². The number of oxazole rings is 1. The average molecular weight is 396 g/mol. The van der Waals surface area contributed by atoms with Crippen molar-refractivity contribution in [2.75, 3.05) is 5.32 Å². The normalized spacial score (nSPS) is 10.8. The molecule has 0 atom stereocenters. The van der Waals surface area contributed by atoms with Gasteiger partial charge in [0, 0.05) is 18.5 Å². The highest BCUT2D eigenvalue weighted by molar-refractivity contribution is 7.80. The molecule has 0 saturated heterocycles. The summed E-state index contributed by atoms with van der Waals surface area (Å²) >= 11 is 5.19. The molecule has 6 heteroatoms. The highest BCUT2D eigenvalue weighted by Crippen LogP contribution is 2.23. The monoisotopic (exact) mass is 395 g/mol. The molecular weight excluding hydrogens is 370 g/mol. The molecule has 1 heterocycles. The van der Waals surface area contributed by atoms with E-state index in [4.69, 9.17) is 16.6 Å². The average Bonchev–Trinajstić information content (AvgIpc) is 3.04. The van der Waals surface area contributed by atoms with E-state index in [0.29, 0.717) is 23.8 Å². The van der Waals surface area contributed by atoms with Crippen LogP contribution in [0.4, 0.5) is 5.69 Å². The summed E-state index contributed by atoms with van der Waals surface area (Å²) in [5.74, 6) is 0.639. The quantitative estimate of drug-likeness (QED) is 0.573. The van der Waals surface area contributed by atoms with E-state index in [-0.39, 0.29) is 5.91 Å². The molecule has 2 N–H and O–H groups in total. The standard InChI is InChI=1S/C22H25N3O2S/c1-4-5-6-19(26)25-22(28)23-17-9-7-16(8-10-17)13-20-24-18-12-14(2)11-15(3)21(18)27-20/h7-12H,4-6,13H2,1-3H3,(H2,23,25,26,28). The molecule has 0 saturated carbocycles. The number of aryl methyl sites for hydroxylation is 2. The highest BCUT2D eigenvalue weighted by Gasteiger charge is 2.10. The summed E-state index contributed by atoms with van der Waals surface area (Å²) < 4.78 is 5.93. The molecule has 0 aliphatic carbocycles. The molecule has 28 heavy (non-hydrogen) atoms. The lowest BCUT2D eigenvalue weighted by atomic mass is 10.1. The van der Waals surface area contributed by atoms with E-state index in [1.165, 1.54) is 5.56 Å². The number of aromatic nitrogens is 1. The van der Waals surface area contributed by atoms with Gasteiger partial charge >= 0.3 is 0 Å². The molecule has 0 aliphatic heterocycles. The smallest absolute Gasteiger partial charge is 0.226 e. The van der Waals surface area contributed by atoms with Gasteiger partial charge in [0.15, 0.2) is 16.6 Å². The van der Waals surface area contributed by atoms with Crippen molar-refractivity contribution in [1.29, 1.82) is 0 Å². The molecule has 3 aromatic rings. The number of hydrogen-bond donors (Lipinski definition) is 2. The van der Waals surface area contributed by atoms with E-state index in [9.17, 15) is 4.79 Å². The van der Waals surface area contributed by atoms with Crippen molar-refractivity contribution in [1.82, 2.24) is 10.3 Å². The first-order chi connectivity index (χ1) is 13.4. The van der Waals surface area contributed by atoms with Gasteiger partial charge in [-0.15, -0.1) is 0 Å². The van der Waals surface area contributed by atoms with Crippen molar-refractivity contribution in [3.8, 4) is 0 Å². The van der Waals surface area contributed by atoms with Crippen molar-refractivity contribution >= 4 is 40.0 Å². The molecule has 0 bridgehead atoms. The predicted octanol–water partition coefficient (Wildman–Crippen LogP) is 5.04. The lowest BCUT2D eigenvalue weighted by molar-refractivity contribution is -0.119. The number of unbranched alkanes of at least 4 members (excludes halogenated alkanes) is 1. The Labute approximate surface area is 170 Å². The molecule has 0 fully saturated rings. The number of nitrogens with one attached hydrogen (secondary N) is 2. The SMILES string of the molecule is CCCCC(=O)NC(=S)Nc1ccc(Cc2nc3cc(C)cc(C)c3o2)cc1. The van der Waals surface area contributed by atoms with Gasteiger partial charge in [-0.1, -0.05) is 31.5 Å². The summed E-state index contributed by atoms with van der Waals surface area (Å²) in [7, 11) is 0. The summed E-state index contributed by atoms with van der Waals surface area (Å²) in [4.78, 5) is 16.3. The van der Waals surface area contributed by atoms with E-state index in [1.807, 2.05) is 37.3 Å². The Kier molecular flexibility index (Phi) is 6.41. The Morgan fingerprint density at radius 1 is 1.18 bits per heavy atom. The summed E-state index contributed by atoms with van der Waals surface area (Å²) in [5.41, 5.74) is 5.94. The fraction of sp³-hybridized carbons (Fsp3) is 0.318. The lowest BCUT2D eigenvalue weighted by Crippen LogP contribution is -2.33. The zero-order valence-corrected chi connectivity index (χ0v) is 17.3. The van der Waals surface area contributed by atoms with Crippen LogP contribution in [0.1, 0.15) is 48.8 Å². The fourth-order valence-corrected chi connectivity index (χ4v) is 3.30. The van der Waals surface area contributed by atoms with Crippen molar-refractivity contribution in [2.24, 2.45) is 0 Å². The molecule has 2 aromatic carbocycles. The van der Waals surface area contributed by atoms with Crippen LogP contribution in [0.3, 0.4) is 0 Å². The molecule has 146 valence electrons. The summed E-state index contributed by atoms with van der Waals surface area (Å²) in [5, 5.41) is 6.05. The minimum Gasteiger partial charge on any atom is -0.440 e. The lowest BCUT2D eigenvalue weighted by Gasteiger charge is -2.09. The van der Waals surface area contributed by atoms with Crippen LogP contribution in [0.25, 0.3) is 11.1 Å². The van der Waals surface area contributed by atoms with Gasteiger partial charge in [-0.05, 0) is 67.4 Å². The Hall–Kier alpha value is -2.73. The number of thiocarbonyl (C=S) groups is 1. The van der Waals surface area contributed by atoms with Crippen LogP contribution < -0.4 is 10.6 Å². The van der Waals surface area contributed by atoms with E-state index in [1.54, 1.807) is 0 Å². The molecule has 0 radical (unpaired) electrons. The van der Waals surface area contributed by atoms with Gasteiger partial charge in [-0.25, -0.2) is 4.98 Å². The third-order valence-electron chi connectivity index (χ3n) is 4.44. The van der Waals surface area contributed by atoms with Crippen LogP contribution in [0.15, 0.2) is 40.8 Å². The Morgan fingerprint density at radius 3 is 2.64 bits per heavy atom. The van der Waals surface area contributed by atoms with Crippen molar-refractivity contribution in [3.63, 3.8) is 0 Å². The first-order valence-corrected chi connectivity index (χ1v) is 9.92. The number of fused-ring (bicyclic) bond motifs is 1. The molecule has 1 amide bonds. The number of hydrogen-bond acceptors (Lipinski definition) is 4. The maximum Gasteiger partial charge on any atom is 0.226 e. The number of nitrogens with zero attached hydrogens (tertiary/aromatic N) is 1. The number of carbonyl (C=O) groups excluding carboxylic acids is 1. The van der Waals surface area contributed by atoms with Gasteiger partial charge in [0.1, 0.15) is 5.52 Å². The van der Waals surface area contributed by atoms with Gasteiger partial charge < -0.3 is 15.1 Å². The summed E-state index contributed by atoms with van der Waals surface area (Å²) in [6, 6.07) is 12.0. The zero-order valence-electron chi connectivity index (χ0n) is 16.5. The molecule has 1 aromatic heterocycles. The number of anilines is 1. The van der Waals surface area contributed by atoms with Gasteiger partial charge in [0.05, 0.1) is 0 Å². The zero-order chi connectivity index (χ0) is 20.1. The summed E-state index contributed by atoms with van der Waals surface area (Å²) in [6.45, 7) is 6.15. The minimum atomic E-state index is -0.0579. The molecule has 5 nitrogen and oxygen atoms in total. The number of carbonyl (C=O) groups is 1. The molecule has 0 unspecified atom stereocenters. The predicted molar refractivity (Wildman–Crippen MR) is 117 cm³/mol. The molecule has 0 aliphatic rings. The van der Waals surface area contributed by atoms with Crippen LogP contribution >= 0.6 is 12.2 Å². The van der Waals surface area contributed by atoms with Crippen molar-refractivity contribution in [2.45, 2.75) is 46.5 Å². The van der Waals surface area contributed by atoms with E-state index in [2.05, 4.69) is 35.5 Å². The van der Waals surface area contributed by atoms with Gasteiger partial charge in [0.25, 0.3) is 0 Å². The molecular formula is C22H25N3O2S. The second-order valence-electron chi connectivity index (χ2n) is 7.02. The van der Waals surface area contributed by atoms with Gasteiger partial charge in [-0.3, -0.25) is 4.79 Å². The van der Waals surface area contributed by atoms with E-state index < -0.39 is 0 Å². The number of amides is 1. The Morgan fingerprint density at radius 2 is 1.93 bits per heavy atom. The highest BCUT2D eigenvalue weighted by atomic mass is 32.1. The minimum absolute atomic E-state index is 0.0579. The Bertz CT molecular complexity index is 993. The van der Waals surface area contributed by atoms with Crippen molar-refractivity contribution < 1.29 is 9.21 Å². The van der Waals surface area contributed by atoms with Crippen LogP contribution in [-0.4, -0.2) is 16.0 Å². The first kappa shape index (κ1) is 20.0. The molecule has 0 spiro atoms. The van der Waals surface area contributed by atoms with Crippen LogP contribution in [0.5, 0.6) is 0 Å². The maximum atomic E-state index is 11.7. The second kappa shape index (κ2) is 8.97. The van der Waals surface area contributed by atoms with Gasteiger partial charge in [0.2, 0.25) is 5.91 Å². The largest absolute Gasteiger partial charge is 0.440 e. The van der Waals surface area contributed by atoms with Crippen LogP contribution in [0, 0.1) is 13.8 Å². The molecule has 3 rings (SSSR count). The first-order valence-electron chi connectivity index (χ1n) is 9.51. The Balaban J connectivity index is 1.61. The summed E-state index contributed by atoms with van der Waals surface area (Å²) in [6.07, 6.45) is 2.94. The van der Waals surface area contributed by atoms with Crippen LogP contribution in [0.2, 0.25) is 0 Å². The number of benzene rings is 2. The number of rotatable bonds is 6. The van der Waals surface area contributed by atoms with Gasteiger partial charge in [-0.2, -0.15) is 0 Å². The fourth-order valence-electron chi connectivity index (χ4n) is 3.07. The topological polar surface area (TPSA) is 67.2 Å².